The van der Waals surface area contributed by atoms with Crippen molar-refractivity contribution >= 4 is 29.2 Å². The third kappa shape index (κ3) is 1.76. The molecule has 84 valence electrons. The number of amides is 3. The summed E-state index contributed by atoms with van der Waals surface area (Å²) in [4.78, 5) is 24.6. The van der Waals surface area contributed by atoms with Crippen LogP contribution in [0.5, 0.6) is 0 Å². The molecular formula is C11H11ClN2O2. The fraction of sp³-hybridized carbons (Fsp3) is 0.273. The topological polar surface area (TPSA) is 49.4 Å². The summed E-state index contributed by atoms with van der Waals surface area (Å²) in [5.41, 5.74) is 0.544. The Bertz CT molecular complexity index is 430. The normalized spacial score (nSPS) is 20.1. The van der Waals surface area contributed by atoms with Crippen molar-refractivity contribution in [3.63, 3.8) is 0 Å². The molecule has 1 heterocycles. The Kier molecular flexibility index (Phi) is 2.83. The van der Waals surface area contributed by atoms with Crippen molar-refractivity contribution < 1.29 is 9.59 Å². The quantitative estimate of drug-likeness (QED) is 0.803. The van der Waals surface area contributed by atoms with Gasteiger partial charge in [-0.25, -0.2) is 9.69 Å². The van der Waals surface area contributed by atoms with Gasteiger partial charge in [-0.3, -0.25) is 4.79 Å². The molecule has 0 saturated carbocycles. The van der Waals surface area contributed by atoms with Crippen molar-refractivity contribution in [1.82, 2.24) is 5.32 Å². The lowest BCUT2D eigenvalue weighted by atomic mass is 10.2. The predicted molar refractivity (Wildman–Crippen MR) is 61.5 cm³/mol. The van der Waals surface area contributed by atoms with Crippen molar-refractivity contribution in [2.45, 2.75) is 19.4 Å². The average molecular weight is 239 g/mol. The molecule has 1 unspecified atom stereocenters. The molecule has 0 aromatic heterocycles. The number of hydrogen-bond donors (Lipinski definition) is 1. The molecule has 0 spiro atoms. The van der Waals surface area contributed by atoms with Gasteiger partial charge < -0.3 is 5.32 Å². The largest absolute Gasteiger partial charge is 0.329 e. The zero-order valence-electron chi connectivity index (χ0n) is 8.74. The first-order valence-corrected chi connectivity index (χ1v) is 5.41. The van der Waals surface area contributed by atoms with Crippen LogP contribution in [0, 0.1) is 0 Å². The molecule has 0 radical (unpaired) electrons. The van der Waals surface area contributed by atoms with Crippen LogP contribution >= 0.6 is 11.6 Å². The Hall–Kier alpha value is -1.55. The molecule has 5 heteroatoms. The van der Waals surface area contributed by atoms with Gasteiger partial charge in [-0.1, -0.05) is 18.5 Å². The molecule has 2 rings (SSSR count). The molecule has 0 aliphatic carbocycles. The number of anilines is 1. The van der Waals surface area contributed by atoms with Gasteiger partial charge in [0.1, 0.15) is 6.04 Å². The van der Waals surface area contributed by atoms with Crippen LogP contribution in [-0.4, -0.2) is 18.0 Å². The number of carbonyl (C=O) groups is 2. The van der Waals surface area contributed by atoms with Crippen LogP contribution in [0.4, 0.5) is 10.5 Å². The number of rotatable bonds is 2. The molecule has 1 saturated heterocycles. The monoisotopic (exact) mass is 238 g/mol. The molecule has 1 aliphatic heterocycles. The third-order valence-electron chi connectivity index (χ3n) is 2.51. The van der Waals surface area contributed by atoms with E-state index in [1.807, 2.05) is 6.92 Å². The van der Waals surface area contributed by atoms with Crippen molar-refractivity contribution in [2.24, 2.45) is 0 Å². The van der Waals surface area contributed by atoms with E-state index in [1.165, 1.54) is 0 Å². The fourth-order valence-corrected chi connectivity index (χ4v) is 1.77. The smallest absolute Gasteiger partial charge is 0.325 e. The molecule has 4 nitrogen and oxygen atoms in total. The first-order chi connectivity index (χ1) is 7.63. The van der Waals surface area contributed by atoms with Crippen LogP contribution in [0.25, 0.3) is 0 Å². The highest BCUT2D eigenvalue weighted by molar-refractivity contribution is 6.30. The summed E-state index contributed by atoms with van der Waals surface area (Å²) in [7, 11) is 0. The number of hydrogen-bond acceptors (Lipinski definition) is 2. The van der Waals surface area contributed by atoms with Crippen molar-refractivity contribution in [2.75, 3.05) is 4.90 Å². The van der Waals surface area contributed by atoms with Crippen molar-refractivity contribution in [1.29, 1.82) is 0 Å². The summed E-state index contributed by atoms with van der Waals surface area (Å²) in [5, 5.41) is 3.19. The minimum absolute atomic E-state index is 0.213. The standard InChI is InChI=1S/C11H11ClN2O2/c1-2-9-10(15)14(11(16)13-9)8-5-3-7(12)4-6-8/h3-6,9H,2H2,1H3,(H,13,16). The molecule has 3 amide bonds. The van der Waals surface area contributed by atoms with Crippen LogP contribution in [0.1, 0.15) is 13.3 Å². The Balaban J connectivity index is 2.31. The summed E-state index contributed by atoms with van der Waals surface area (Å²) in [6, 6.07) is 5.81. The van der Waals surface area contributed by atoms with E-state index in [0.717, 1.165) is 4.90 Å². The van der Waals surface area contributed by atoms with Crippen LogP contribution in [0.15, 0.2) is 24.3 Å². The lowest BCUT2D eigenvalue weighted by molar-refractivity contribution is -0.118. The molecule has 1 aromatic rings. The zero-order valence-corrected chi connectivity index (χ0v) is 9.49. The van der Waals surface area contributed by atoms with Crippen LogP contribution in [-0.2, 0) is 4.79 Å². The van der Waals surface area contributed by atoms with Crippen LogP contribution in [0.3, 0.4) is 0 Å². The van der Waals surface area contributed by atoms with Crippen LogP contribution < -0.4 is 10.2 Å². The van der Waals surface area contributed by atoms with Crippen molar-refractivity contribution in [3.05, 3.63) is 29.3 Å². The molecule has 1 aromatic carbocycles. The number of benzene rings is 1. The van der Waals surface area contributed by atoms with Gasteiger partial charge in [0.2, 0.25) is 0 Å². The number of urea groups is 1. The highest BCUT2D eigenvalue weighted by Crippen LogP contribution is 2.22. The lowest BCUT2D eigenvalue weighted by Gasteiger charge is -2.12. The van der Waals surface area contributed by atoms with E-state index in [4.69, 9.17) is 11.6 Å². The van der Waals surface area contributed by atoms with Gasteiger partial charge in [0.15, 0.2) is 0 Å². The number of imide groups is 1. The molecule has 1 N–H and O–H groups in total. The summed E-state index contributed by atoms with van der Waals surface area (Å²) in [5.74, 6) is -0.213. The predicted octanol–water partition coefficient (Wildman–Crippen LogP) is 2.17. The van der Waals surface area contributed by atoms with Crippen molar-refractivity contribution in [3.8, 4) is 0 Å². The lowest BCUT2D eigenvalue weighted by Crippen LogP contribution is -2.31. The minimum Gasteiger partial charge on any atom is -0.325 e. The minimum atomic E-state index is -0.414. The second-order valence-electron chi connectivity index (χ2n) is 3.56. The Morgan fingerprint density at radius 1 is 1.31 bits per heavy atom. The summed E-state index contributed by atoms with van der Waals surface area (Å²) in [6.45, 7) is 1.86. The highest BCUT2D eigenvalue weighted by Gasteiger charge is 2.37. The van der Waals surface area contributed by atoms with E-state index in [1.54, 1.807) is 24.3 Å². The summed E-state index contributed by atoms with van der Waals surface area (Å²) >= 11 is 5.74. The first kappa shape index (κ1) is 11.0. The maximum atomic E-state index is 11.8. The molecule has 1 atom stereocenters. The van der Waals surface area contributed by atoms with E-state index in [2.05, 4.69) is 5.32 Å². The Morgan fingerprint density at radius 2 is 1.94 bits per heavy atom. The molecule has 1 fully saturated rings. The number of carbonyl (C=O) groups excluding carboxylic acids is 2. The van der Waals surface area contributed by atoms with E-state index in [-0.39, 0.29) is 11.9 Å². The average Bonchev–Trinajstić information content (AvgIpc) is 2.56. The first-order valence-electron chi connectivity index (χ1n) is 5.03. The van der Waals surface area contributed by atoms with Crippen LogP contribution in [0.2, 0.25) is 5.02 Å². The maximum absolute atomic E-state index is 11.8. The second-order valence-corrected chi connectivity index (χ2v) is 4.00. The van der Waals surface area contributed by atoms with Gasteiger partial charge in [-0.05, 0) is 30.7 Å². The molecule has 0 bridgehead atoms. The van der Waals surface area contributed by atoms with E-state index >= 15 is 0 Å². The fourth-order valence-electron chi connectivity index (χ4n) is 1.64. The van der Waals surface area contributed by atoms with Gasteiger partial charge in [0, 0.05) is 5.02 Å². The van der Waals surface area contributed by atoms with E-state index < -0.39 is 6.04 Å². The van der Waals surface area contributed by atoms with Gasteiger partial charge in [0.25, 0.3) is 5.91 Å². The van der Waals surface area contributed by atoms with Gasteiger partial charge in [-0.2, -0.15) is 0 Å². The number of nitrogens with zero attached hydrogens (tertiary/aromatic N) is 1. The number of halogens is 1. The Morgan fingerprint density at radius 3 is 2.44 bits per heavy atom. The molecule has 16 heavy (non-hydrogen) atoms. The Labute approximate surface area is 98.2 Å². The maximum Gasteiger partial charge on any atom is 0.329 e. The SMILES string of the molecule is CCC1NC(=O)N(c2ccc(Cl)cc2)C1=O. The van der Waals surface area contributed by atoms with Gasteiger partial charge in [0.05, 0.1) is 5.69 Å². The van der Waals surface area contributed by atoms with Gasteiger partial charge >= 0.3 is 6.03 Å². The second kappa shape index (κ2) is 4.14. The van der Waals surface area contributed by atoms with E-state index in [0.29, 0.717) is 17.1 Å². The van der Waals surface area contributed by atoms with Gasteiger partial charge in [-0.15, -0.1) is 0 Å². The summed E-state index contributed by atoms with van der Waals surface area (Å²) in [6.07, 6.45) is 0.592. The zero-order chi connectivity index (χ0) is 11.7. The van der Waals surface area contributed by atoms with E-state index in [9.17, 15) is 9.59 Å². The highest BCUT2D eigenvalue weighted by atomic mass is 35.5. The summed E-state index contributed by atoms with van der Waals surface area (Å²) < 4.78 is 0. The molecular weight excluding hydrogens is 228 g/mol. The number of nitrogens with one attached hydrogen (secondary N) is 1. The molecule has 1 aliphatic rings. The third-order valence-corrected chi connectivity index (χ3v) is 2.76.